The number of rotatable bonds is 7. The minimum atomic E-state index is -1.12. The number of nitrogens with one attached hydrogen (secondary N) is 1. The van der Waals surface area contributed by atoms with Crippen molar-refractivity contribution in [3.8, 4) is 11.5 Å². The first-order valence-electron chi connectivity index (χ1n) is 10.6. The van der Waals surface area contributed by atoms with E-state index >= 15 is 0 Å². The van der Waals surface area contributed by atoms with E-state index < -0.39 is 6.09 Å². The number of carboxylic acid groups (broad SMARTS) is 1. The van der Waals surface area contributed by atoms with E-state index in [0.29, 0.717) is 37.6 Å². The molecule has 1 amide bonds. The van der Waals surface area contributed by atoms with E-state index in [1.54, 1.807) is 0 Å². The van der Waals surface area contributed by atoms with Gasteiger partial charge in [0.2, 0.25) is 0 Å². The fourth-order valence-electron chi connectivity index (χ4n) is 4.34. The lowest BCUT2D eigenvalue weighted by Crippen LogP contribution is -2.68. The summed E-state index contributed by atoms with van der Waals surface area (Å²) < 4.78 is 11.6. The number of hydrogen-bond donors (Lipinski definition) is 1. The molecule has 0 bridgehead atoms. The molecule has 1 saturated heterocycles. The van der Waals surface area contributed by atoms with E-state index in [1.165, 1.54) is 5.01 Å². The first-order chi connectivity index (χ1) is 14.7. The molecule has 0 aliphatic carbocycles. The van der Waals surface area contributed by atoms with Gasteiger partial charge in [0.1, 0.15) is 26.3 Å². The molecule has 0 atom stereocenters. The number of quaternary nitrogens is 1. The van der Waals surface area contributed by atoms with Crippen molar-refractivity contribution in [3.63, 3.8) is 0 Å². The lowest BCUT2D eigenvalue weighted by molar-refractivity contribution is -1.03. The summed E-state index contributed by atoms with van der Waals surface area (Å²) in [7, 11) is 0. The molecule has 0 saturated carbocycles. The smallest absolute Gasteiger partial charge is 0.189 e. The second-order valence-corrected chi connectivity index (χ2v) is 7.98. The number of likely N-dealkylation sites (tertiary alicyclic amines) is 1. The fourth-order valence-corrected chi connectivity index (χ4v) is 4.34. The lowest BCUT2D eigenvalue weighted by Gasteiger charge is -2.49. The molecule has 160 valence electrons. The van der Waals surface area contributed by atoms with Crippen LogP contribution < -0.4 is 19.9 Å². The minimum Gasteiger partial charge on any atom is -0.526 e. The third kappa shape index (κ3) is 4.68. The number of amides is 1. The Morgan fingerprint density at radius 1 is 0.967 bits per heavy atom. The van der Waals surface area contributed by atoms with E-state index in [0.717, 1.165) is 55.0 Å². The number of carbonyl (C=O) groups excluding carboxylic acids is 1. The molecule has 2 heterocycles. The van der Waals surface area contributed by atoms with Crippen LogP contribution in [-0.2, 0) is 13.1 Å². The van der Waals surface area contributed by atoms with Gasteiger partial charge in [-0.15, -0.1) is 0 Å². The van der Waals surface area contributed by atoms with Crippen molar-refractivity contribution in [1.29, 1.82) is 0 Å². The molecular weight excluding hydrogens is 382 g/mol. The lowest BCUT2D eigenvalue weighted by atomic mass is 10.1. The summed E-state index contributed by atoms with van der Waals surface area (Å²) >= 11 is 0. The first-order valence-corrected chi connectivity index (χ1v) is 10.6. The second-order valence-electron chi connectivity index (χ2n) is 7.98. The van der Waals surface area contributed by atoms with Crippen molar-refractivity contribution in [2.45, 2.75) is 32.4 Å². The zero-order valence-corrected chi connectivity index (χ0v) is 17.2. The highest BCUT2D eigenvalue weighted by Crippen LogP contribution is 2.31. The Morgan fingerprint density at radius 2 is 1.70 bits per heavy atom. The third-order valence-corrected chi connectivity index (χ3v) is 5.89. The van der Waals surface area contributed by atoms with Crippen LogP contribution in [0.4, 0.5) is 4.79 Å². The Balaban J connectivity index is 1.46. The first kappa shape index (κ1) is 20.5. The standard InChI is InChI=1S/C23H29N3O4/c27-23(28)25(17-19-7-3-1-4-8-19)26(11-5-2-6-12-26)18-24-16-20-9-10-21-22(15-20)30-14-13-29-21/h1,3-4,7-10,15,24H,2,5-6,11-14,16-18H2. The van der Waals surface area contributed by atoms with Gasteiger partial charge < -0.3 is 19.4 Å². The molecule has 7 heteroatoms. The molecule has 2 aromatic carbocycles. The maximum atomic E-state index is 12.1. The summed E-state index contributed by atoms with van der Waals surface area (Å²) in [6.07, 6.45) is 2.02. The normalized spacial score (nSPS) is 17.3. The Hall–Kier alpha value is -2.77. The summed E-state index contributed by atoms with van der Waals surface area (Å²) in [6.45, 7) is 4.20. The molecule has 30 heavy (non-hydrogen) atoms. The Kier molecular flexibility index (Phi) is 6.40. The molecule has 0 aromatic heterocycles. The van der Waals surface area contributed by atoms with Crippen molar-refractivity contribution >= 4 is 6.09 Å². The predicted molar refractivity (Wildman–Crippen MR) is 110 cm³/mol. The molecular formula is C23H29N3O4. The zero-order valence-electron chi connectivity index (χ0n) is 17.2. The summed E-state index contributed by atoms with van der Waals surface area (Å²) in [4.78, 5) is 12.1. The number of carbonyl (C=O) groups is 1. The molecule has 2 aromatic rings. The maximum absolute atomic E-state index is 12.1. The largest absolute Gasteiger partial charge is 0.526 e. The minimum absolute atomic E-state index is 0.328. The van der Waals surface area contributed by atoms with Gasteiger partial charge in [-0.1, -0.05) is 36.4 Å². The zero-order chi connectivity index (χ0) is 20.8. The van der Waals surface area contributed by atoms with E-state index in [9.17, 15) is 9.90 Å². The SMILES string of the molecule is O=C([O-])N(Cc1ccccc1)[N+]1(CNCc2ccc3c(c2)OCCO3)CCCCC1. The molecule has 2 aliphatic heterocycles. The summed E-state index contributed by atoms with van der Waals surface area (Å²) in [5, 5.41) is 17.1. The molecule has 1 N–H and O–H groups in total. The van der Waals surface area contributed by atoms with Crippen LogP contribution in [0.1, 0.15) is 30.4 Å². The second kappa shape index (κ2) is 9.36. The van der Waals surface area contributed by atoms with E-state index in [2.05, 4.69) is 5.32 Å². The van der Waals surface area contributed by atoms with E-state index in [4.69, 9.17) is 9.47 Å². The number of piperidine rings is 1. The van der Waals surface area contributed by atoms with Gasteiger partial charge in [0, 0.05) is 6.54 Å². The Morgan fingerprint density at radius 3 is 2.43 bits per heavy atom. The van der Waals surface area contributed by atoms with Crippen LogP contribution in [-0.4, -0.2) is 48.7 Å². The van der Waals surface area contributed by atoms with Gasteiger partial charge in [-0.3, -0.25) is 5.32 Å². The average molecular weight is 412 g/mol. The van der Waals surface area contributed by atoms with Crippen LogP contribution in [0.5, 0.6) is 11.5 Å². The monoisotopic (exact) mass is 411 g/mol. The van der Waals surface area contributed by atoms with E-state index in [1.807, 2.05) is 48.5 Å². The number of hydrogen-bond acceptors (Lipinski definition) is 5. The van der Waals surface area contributed by atoms with Gasteiger partial charge in [-0.25, -0.2) is 9.60 Å². The Labute approximate surface area is 177 Å². The highest BCUT2D eigenvalue weighted by atomic mass is 16.6. The maximum Gasteiger partial charge on any atom is 0.189 e. The number of nitrogens with zero attached hydrogens (tertiary/aromatic N) is 2. The van der Waals surface area contributed by atoms with Crippen LogP contribution in [0, 0.1) is 0 Å². The van der Waals surface area contributed by atoms with Crippen molar-refractivity contribution in [2.75, 3.05) is 33.0 Å². The number of benzene rings is 2. The van der Waals surface area contributed by atoms with Crippen LogP contribution >= 0.6 is 0 Å². The molecule has 1 fully saturated rings. The van der Waals surface area contributed by atoms with Gasteiger partial charge in [0.05, 0.1) is 6.54 Å². The van der Waals surface area contributed by atoms with Gasteiger partial charge in [-0.2, -0.15) is 0 Å². The summed E-state index contributed by atoms with van der Waals surface area (Å²) in [6, 6.07) is 15.7. The van der Waals surface area contributed by atoms with Crippen molar-refractivity contribution in [3.05, 3.63) is 59.7 Å². The highest BCUT2D eigenvalue weighted by molar-refractivity contribution is 5.61. The Bertz CT molecular complexity index is 853. The molecule has 2 aliphatic rings. The number of ether oxygens (including phenoxy) is 2. The highest BCUT2D eigenvalue weighted by Gasteiger charge is 2.37. The average Bonchev–Trinajstić information content (AvgIpc) is 2.78. The molecule has 7 nitrogen and oxygen atoms in total. The molecule has 0 spiro atoms. The molecule has 0 radical (unpaired) electrons. The van der Waals surface area contributed by atoms with Gasteiger partial charge in [-0.05, 0) is 42.5 Å². The van der Waals surface area contributed by atoms with Crippen LogP contribution in [0.3, 0.4) is 0 Å². The van der Waals surface area contributed by atoms with Crippen molar-refractivity contribution in [1.82, 2.24) is 10.3 Å². The van der Waals surface area contributed by atoms with Crippen molar-refractivity contribution < 1.29 is 24.0 Å². The quantitative estimate of drug-likeness (QED) is 0.708. The van der Waals surface area contributed by atoms with Crippen molar-refractivity contribution in [2.24, 2.45) is 0 Å². The van der Waals surface area contributed by atoms with Crippen LogP contribution in [0.2, 0.25) is 0 Å². The number of fused-ring (bicyclic) bond motifs is 1. The summed E-state index contributed by atoms with van der Waals surface area (Å²) in [5.74, 6) is 1.54. The fraction of sp³-hybridized carbons (Fsp3) is 0.435. The topological polar surface area (TPSA) is 73.9 Å². The van der Waals surface area contributed by atoms with Crippen LogP contribution in [0.15, 0.2) is 48.5 Å². The van der Waals surface area contributed by atoms with Gasteiger partial charge >= 0.3 is 0 Å². The van der Waals surface area contributed by atoms with Crippen LogP contribution in [0.25, 0.3) is 0 Å². The van der Waals surface area contributed by atoms with Gasteiger partial charge in [0.15, 0.2) is 24.3 Å². The third-order valence-electron chi connectivity index (χ3n) is 5.89. The van der Waals surface area contributed by atoms with Gasteiger partial charge in [0.25, 0.3) is 0 Å². The molecule has 4 rings (SSSR count). The van der Waals surface area contributed by atoms with E-state index in [-0.39, 0.29) is 0 Å². The predicted octanol–water partition coefficient (Wildman–Crippen LogP) is 2.27. The summed E-state index contributed by atoms with van der Waals surface area (Å²) in [5.41, 5.74) is 2.05. The molecule has 0 unspecified atom stereocenters.